The molecule has 88 valence electrons. The molecule has 3 N–H and O–H groups in total. The van der Waals surface area contributed by atoms with E-state index in [0.717, 1.165) is 11.6 Å². The maximum atomic E-state index is 11.5. The van der Waals surface area contributed by atoms with E-state index in [-0.39, 0.29) is 10.8 Å². The molecule has 1 aliphatic heterocycles. The SMILES string of the molecule is CC1SCCSC1c1nc(CN)cc(=O)[nH]1. The summed E-state index contributed by atoms with van der Waals surface area (Å²) in [5.41, 5.74) is 6.09. The molecule has 0 radical (unpaired) electrons. The fourth-order valence-corrected chi connectivity index (χ4v) is 4.41. The molecule has 0 aliphatic carbocycles. The van der Waals surface area contributed by atoms with Gasteiger partial charge in [-0.15, -0.1) is 11.8 Å². The molecule has 4 nitrogen and oxygen atoms in total. The van der Waals surface area contributed by atoms with Crippen LogP contribution in [0.4, 0.5) is 0 Å². The highest BCUT2D eigenvalue weighted by molar-refractivity contribution is 8.06. The van der Waals surface area contributed by atoms with Crippen molar-refractivity contribution in [3.63, 3.8) is 0 Å². The van der Waals surface area contributed by atoms with Crippen molar-refractivity contribution in [2.75, 3.05) is 11.5 Å². The van der Waals surface area contributed by atoms with Gasteiger partial charge in [-0.25, -0.2) is 4.98 Å². The lowest BCUT2D eigenvalue weighted by Gasteiger charge is -2.26. The number of nitrogens with two attached hydrogens (primary N) is 1. The maximum absolute atomic E-state index is 11.5. The molecule has 1 saturated heterocycles. The summed E-state index contributed by atoms with van der Waals surface area (Å²) in [7, 11) is 0. The van der Waals surface area contributed by atoms with E-state index in [1.807, 2.05) is 23.5 Å². The number of aromatic nitrogens is 2. The minimum Gasteiger partial charge on any atom is -0.325 e. The van der Waals surface area contributed by atoms with Crippen LogP contribution in [0.3, 0.4) is 0 Å². The molecule has 2 rings (SSSR count). The molecule has 0 aromatic carbocycles. The third-order valence-corrected chi connectivity index (χ3v) is 5.58. The topological polar surface area (TPSA) is 71.8 Å². The van der Waals surface area contributed by atoms with E-state index in [1.165, 1.54) is 11.8 Å². The molecule has 16 heavy (non-hydrogen) atoms. The highest BCUT2D eigenvalue weighted by Crippen LogP contribution is 2.40. The molecule has 0 bridgehead atoms. The number of aromatic amines is 1. The van der Waals surface area contributed by atoms with Crippen LogP contribution < -0.4 is 11.3 Å². The van der Waals surface area contributed by atoms with Crippen LogP contribution in [-0.2, 0) is 6.54 Å². The number of nitrogens with zero attached hydrogens (tertiary/aromatic N) is 1. The molecule has 0 amide bonds. The standard InChI is InChI=1S/C10H15N3OS2/c1-6-9(16-3-2-15-6)10-12-7(5-11)4-8(14)13-10/h4,6,9H,2-3,5,11H2,1H3,(H,12,13,14). The first-order valence-electron chi connectivity index (χ1n) is 5.24. The van der Waals surface area contributed by atoms with E-state index in [9.17, 15) is 4.79 Å². The van der Waals surface area contributed by atoms with E-state index in [0.29, 0.717) is 17.5 Å². The van der Waals surface area contributed by atoms with Crippen molar-refractivity contribution in [2.45, 2.75) is 24.0 Å². The van der Waals surface area contributed by atoms with Crippen molar-refractivity contribution in [1.29, 1.82) is 0 Å². The Morgan fingerprint density at radius 1 is 1.56 bits per heavy atom. The van der Waals surface area contributed by atoms with Crippen LogP contribution in [0, 0.1) is 0 Å². The summed E-state index contributed by atoms with van der Waals surface area (Å²) in [5.74, 6) is 3.05. The van der Waals surface area contributed by atoms with Crippen LogP contribution >= 0.6 is 23.5 Å². The zero-order valence-electron chi connectivity index (χ0n) is 9.10. The van der Waals surface area contributed by atoms with E-state index in [2.05, 4.69) is 16.9 Å². The summed E-state index contributed by atoms with van der Waals surface area (Å²) < 4.78 is 0. The monoisotopic (exact) mass is 257 g/mol. The van der Waals surface area contributed by atoms with Gasteiger partial charge in [0.2, 0.25) is 0 Å². The predicted molar refractivity (Wildman–Crippen MR) is 69.9 cm³/mol. The summed E-state index contributed by atoms with van der Waals surface area (Å²) in [4.78, 5) is 18.7. The zero-order chi connectivity index (χ0) is 11.5. The molecular weight excluding hydrogens is 242 g/mol. The van der Waals surface area contributed by atoms with Crippen LogP contribution in [0.5, 0.6) is 0 Å². The third-order valence-electron chi connectivity index (χ3n) is 2.48. The zero-order valence-corrected chi connectivity index (χ0v) is 10.7. The van der Waals surface area contributed by atoms with Gasteiger partial charge < -0.3 is 10.7 Å². The number of hydrogen-bond acceptors (Lipinski definition) is 5. The fourth-order valence-electron chi connectivity index (χ4n) is 1.70. The van der Waals surface area contributed by atoms with E-state index < -0.39 is 0 Å². The van der Waals surface area contributed by atoms with E-state index in [4.69, 9.17) is 5.73 Å². The Kier molecular flexibility index (Phi) is 3.94. The van der Waals surface area contributed by atoms with E-state index in [1.54, 1.807) is 0 Å². The van der Waals surface area contributed by atoms with Gasteiger partial charge in [-0.05, 0) is 0 Å². The Morgan fingerprint density at radius 2 is 2.31 bits per heavy atom. The molecule has 0 spiro atoms. The van der Waals surface area contributed by atoms with Gasteiger partial charge in [-0.2, -0.15) is 11.8 Å². The van der Waals surface area contributed by atoms with Crippen LogP contribution in [0.2, 0.25) is 0 Å². The summed E-state index contributed by atoms with van der Waals surface area (Å²) in [6.07, 6.45) is 0. The van der Waals surface area contributed by atoms with Crippen molar-refractivity contribution in [3.8, 4) is 0 Å². The summed E-state index contributed by atoms with van der Waals surface area (Å²) >= 11 is 3.78. The van der Waals surface area contributed by atoms with Gasteiger partial charge in [0, 0.05) is 29.4 Å². The summed E-state index contributed by atoms with van der Waals surface area (Å²) in [6, 6.07) is 1.47. The molecule has 2 heterocycles. The molecule has 2 atom stereocenters. The van der Waals surface area contributed by atoms with Crippen LogP contribution in [0.25, 0.3) is 0 Å². The smallest absolute Gasteiger partial charge is 0.251 e. The lowest BCUT2D eigenvalue weighted by Crippen LogP contribution is -2.23. The van der Waals surface area contributed by atoms with Gasteiger partial charge >= 0.3 is 0 Å². The Morgan fingerprint density at radius 3 is 3.00 bits per heavy atom. The highest BCUT2D eigenvalue weighted by atomic mass is 32.2. The third kappa shape index (κ3) is 2.61. The number of hydrogen-bond donors (Lipinski definition) is 2. The quantitative estimate of drug-likeness (QED) is 0.831. The summed E-state index contributed by atoms with van der Waals surface area (Å²) in [5, 5.41) is 0.757. The molecule has 1 aromatic rings. The van der Waals surface area contributed by atoms with Crippen molar-refractivity contribution >= 4 is 23.5 Å². The predicted octanol–water partition coefficient (Wildman–Crippen LogP) is 1.14. The average molecular weight is 257 g/mol. The van der Waals surface area contributed by atoms with Gasteiger partial charge in [0.25, 0.3) is 5.56 Å². The second kappa shape index (κ2) is 5.25. The first-order chi connectivity index (χ1) is 7.70. The number of thioether (sulfide) groups is 2. The van der Waals surface area contributed by atoms with Crippen molar-refractivity contribution in [2.24, 2.45) is 5.73 Å². The van der Waals surface area contributed by atoms with Crippen molar-refractivity contribution < 1.29 is 0 Å². The Balaban J connectivity index is 2.31. The second-order valence-electron chi connectivity index (χ2n) is 3.69. The van der Waals surface area contributed by atoms with Crippen LogP contribution in [0.1, 0.15) is 23.7 Å². The minimum absolute atomic E-state index is 0.103. The van der Waals surface area contributed by atoms with Crippen molar-refractivity contribution in [3.05, 3.63) is 27.9 Å². The molecule has 6 heteroatoms. The fraction of sp³-hybridized carbons (Fsp3) is 0.600. The first kappa shape index (κ1) is 12.0. The normalized spacial score (nSPS) is 25.6. The minimum atomic E-state index is -0.103. The largest absolute Gasteiger partial charge is 0.325 e. The lowest BCUT2D eigenvalue weighted by atomic mass is 10.3. The molecule has 2 unspecified atom stereocenters. The van der Waals surface area contributed by atoms with Gasteiger partial charge in [-0.3, -0.25) is 4.79 Å². The Labute approximate surface area is 103 Å². The number of nitrogens with one attached hydrogen (secondary N) is 1. The van der Waals surface area contributed by atoms with Crippen molar-refractivity contribution in [1.82, 2.24) is 9.97 Å². The van der Waals surface area contributed by atoms with E-state index >= 15 is 0 Å². The van der Waals surface area contributed by atoms with Gasteiger partial charge in [-0.1, -0.05) is 6.92 Å². The lowest BCUT2D eigenvalue weighted by molar-refractivity contribution is 0.791. The van der Waals surface area contributed by atoms with Crippen LogP contribution in [0.15, 0.2) is 10.9 Å². The highest BCUT2D eigenvalue weighted by Gasteiger charge is 2.26. The Hall–Kier alpha value is -0.460. The van der Waals surface area contributed by atoms with Gasteiger partial charge in [0.15, 0.2) is 0 Å². The molecule has 0 saturated carbocycles. The van der Waals surface area contributed by atoms with Gasteiger partial charge in [0.1, 0.15) is 5.82 Å². The van der Waals surface area contributed by atoms with Gasteiger partial charge in [0.05, 0.1) is 10.9 Å². The molecular formula is C10H15N3OS2. The maximum Gasteiger partial charge on any atom is 0.251 e. The molecule has 1 aromatic heterocycles. The second-order valence-corrected chi connectivity index (χ2v) is 6.43. The first-order valence-corrected chi connectivity index (χ1v) is 7.34. The average Bonchev–Trinajstić information content (AvgIpc) is 2.28. The molecule has 1 fully saturated rings. The Bertz CT molecular complexity index is 421. The number of rotatable bonds is 2. The summed E-state index contributed by atoms with van der Waals surface area (Å²) in [6.45, 7) is 2.49. The molecule has 1 aliphatic rings. The van der Waals surface area contributed by atoms with Crippen LogP contribution in [-0.4, -0.2) is 26.7 Å². The number of H-pyrrole nitrogens is 1.